The van der Waals surface area contributed by atoms with Crippen LogP contribution in [0.1, 0.15) is 18.5 Å². The van der Waals surface area contributed by atoms with Crippen LogP contribution >= 0.6 is 11.6 Å². The van der Waals surface area contributed by atoms with Crippen LogP contribution in [0.5, 0.6) is 11.5 Å². The van der Waals surface area contributed by atoms with E-state index < -0.39 is 24.6 Å². The van der Waals surface area contributed by atoms with Crippen LogP contribution in [0.3, 0.4) is 0 Å². The highest BCUT2D eigenvalue weighted by Gasteiger charge is 2.29. The molecule has 0 aliphatic carbocycles. The molecule has 7 heteroatoms. The van der Waals surface area contributed by atoms with Gasteiger partial charge in [0, 0.05) is 5.02 Å². The molecule has 1 N–H and O–H groups in total. The van der Waals surface area contributed by atoms with Crippen LogP contribution in [0.15, 0.2) is 48.5 Å². The smallest absolute Gasteiger partial charge is 0.351 e. The maximum atomic E-state index is 12.1. The van der Waals surface area contributed by atoms with E-state index in [0.717, 1.165) is 5.56 Å². The van der Waals surface area contributed by atoms with Gasteiger partial charge in [-0.05, 0) is 36.8 Å². The minimum atomic E-state index is -0.900. The maximum Gasteiger partial charge on any atom is 0.351 e. The minimum absolute atomic E-state index is 0.0381. The molecule has 26 heavy (non-hydrogen) atoms. The molecule has 136 valence electrons. The number of carbonyl (C=O) groups is 2. The predicted molar refractivity (Wildman–Crippen MR) is 95.3 cm³/mol. The highest BCUT2D eigenvalue weighted by atomic mass is 35.5. The first-order chi connectivity index (χ1) is 12.5. The monoisotopic (exact) mass is 375 g/mol. The molecule has 0 fully saturated rings. The van der Waals surface area contributed by atoms with Crippen molar-refractivity contribution in [2.45, 2.75) is 19.1 Å². The lowest BCUT2D eigenvalue weighted by atomic mass is 10.1. The van der Waals surface area contributed by atoms with Crippen molar-refractivity contribution in [1.82, 2.24) is 5.32 Å². The van der Waals surface area contributed by atoms with Gasteiger partial charge in [0.2, 0.25) is 6.10 Å². The number of ether oxygens (including phenoxy) is 3. The van der Waals surface area contributed by atoms with Gasteiger partial charge in [-0.1, -0.05) is 35.9 Å². The molecule has 0 radical (unpaired) electrons. The fraction of sp³-hybridized carbons (Fsp3) is 0.263. The van der Waals surface area contributed by atoms with Crippen LogP contribution in [-0.4, -0.2) is 31.2 Å². The number of hydrogen-bond donors (Lipinski definition) is 1. The number of benzene rings is 2. The second-order valence-electron chi connectivity index (χ2n) is 5.82. The molecular formula is C19H18ClNO5. The third kappa shape index (κ3) is 4.46. The van der Waals surface area contributed by atoms with E-state index in [2.05, 4.69) is 5.32 Å². The van der Waals surface area contributed by atoms with Crippen LogP contribution in [0.2, 0.25) is 5.02 Å². The summed E-state index contributed by atoms with van der Waals surface area (Å²) in [5.41, 5.74) is 0.859. The zero-order valence-corrected chi connectivity index (χ0v) is 14.9. The second kappa shape index (κ2) is 8.10. The second-order valence-corrected chi connectivity index (χ2v) is 6.25. The van der Waals surface area contributed by atoms with Gasteiger partial charge in [0.15, 0.2) is 18.1 Å². The molecule has 0 saturated carbocycles. The Morgan fingerprint density at radius 3 is 2.77 bits per heavy atom. The van der Waals surface area contributed by atoms with Crippen molar-refractivity contribution in [1.29, 1.82) is 0 Å². The zero-order chi connectivity index (χ0) is 18.5. The van der Waals surface area contributed by atoms with E-state index in [1.54, 1.807) is 36.4 Å². The SMILES string of the molecule is C[C@@H](NC(=O)COC(=O)[C@@H]1COc2ccccc2O1)c1cccc(Cl)c1. The van der Waals surface area contributed by atoms with E-state index in [0.29, 0.717) is 16.5 Å². The van der Waals surface area contributed by atoms with E-state index in [1.165, 1.54) is 0 Å². The molecule has 2 atom stereocenters. The maximum absolute atomic E-state index is 12.1. The fourth-order valence-electron chi connectivity index (χ4n) is 2.51. The van der Waals surface area contributed by atoms with Crippen molar-refractivity contribution in [3.05, 3.63) is 59.1 Å². The molecule has 1 aliphatic heterocycles. The van der Waals surface area contributed by atoms with Gasteiger partial charge < -0.3 is 19.5 Å². The number of rotatable bonds is 5. The molecule has 6 nitrogen and oxygen atoms in total. The van der Waals surface area contributed by atoms with E-state index >= 15 is 0 Å². The van der Waals surface area contributed by atoms with Gasteiger partial charge in [-0.25, -0.2) is 4.79 Å². The topological polar surface area (TPSA) is 73.9 Å². The Labute approximate surface area is 156 Å². The normalized spacial score (nSPS) is 16.5. The third-order valence-corrected chi connectivity index (χ3v) is 4.08. The number of esters is 1. The Kier molecular flexibility index (Phi) is 5.63. The first-order valence-corrected chi connectivity index (χ1v) is 8.50. The summed E-state index contributed by atoms with van der Waals surface area (Å²) < 4.78 is 16.0. The minimum Gasteiger partial charge on any atom is -0.485 e. The highest BCUT2D eigenvalue weighted by Crippen LogP contribution is 2.31. The largest absolute Gasteiger partial charge is 0.485 e. The summed E-state index contributed by atoms with van der Waals surface area (Å²) >= 11 is 5.94. The number of halogens is 1. The molecule has 0 bridgehead atoms. The average molecular weight is 376 g/mol. The van der Waals surface area contributed by atoms with Crippen molar-refractivity contribution in [3.8, 4) is 11.5 Å². The average Bonchev–Trinajstić information content (AvgIpc) is 2.65. The van der Waals surface area contributed by atoms with Gasteiger partial charge in [-0.2, -0.15) is 0 Å². The van der Waals surface area contributed by atoms with Gasteiger partial charge in [-0.3, -0.25) is 4.79 Å². The molecule has 2 aromatic rings. The van der Waals surface area contributed by atoms with Gasteiger partial charge >= 0.3 is 5.97 Å². The molecule has 1 heterocycles. The Balaban J connectivity index is 1.48. The van der Waals surface area contributed by atoms with Crippen LogP contribution in [-0.2, 0) is 14.3 Å². The van der Waals surface area contributed by atoms with Gasteiger partial charge in [0.05, 0.1) is 6.04 Å². The van der Waals surface area contributed by atoms with Gasteiger partial charge in [0.25, 0.3) is 5.91 Å². The van der Waals surface area contributed by atoms with Crippen LogP contribution in [0.25, 0.3) is 0 Å². The fourth-order valence-corrected chi connectivity index (χ4v) is 2.71. The quantitative estimate of drug-likeness (QED) is 0.813. The number of amides is 1. The third-order valence-electron chi connectivity index (χ3n) is 3.84. The number of nitrogens with one attached hydrogen (secondary N) is 1. The molecule has 1 aliphatic rings. The zero-order valence-electron chi connectivity index (χ0n) is 14.1. The van der Waals surface area contributed by atoms with Crippen LogP contribution < -0.4 is 14.8 Å². The van der Waals surface area contributed by atoms with Crippen molar-refractivity contribution in [2.75, 3.05) is 13.2 Å². The number of carbonyl (C=O) groups excluding carboxylic acids is 2. The molecule has 0 unspecified atom stereocenters. The molecule has 0 spiro atoms. The summed E-state index contributed by atoms with van der Waals surface area (Å²) in [6.45, 7) is 1.46. The molecule has 0 aromatic heterocycles. The lowest BCUT2D eigenvalue weighted by Gasteiger charge is -2.24. The highest BCUT2D eigenvalue weighted by molar-refractivity contribution is 6.30. The summed E-state index contributed by atoms with van der Waals surface area (Å²) in [7, 11) is 0. The standard InChI is InChI=1S/C19H18ClNO5/c1-12(13-5-4-6-14(20)9-13)21-18(22)11-25-19(23)17-10-24-15-7-2-3-8-16(15)26-17/h2-9,12,17H,10-11H2,1H3,(H,21,22)/t12-,17+/m1/s1. The van der Waals surface area contributed by atoms with Crippen molar-refractivity contribution in [3.63, 3.8) is 0 Å². The molecule has 3 rings (SSSR count). The van der Waals surface area contributed by atoms with E-state index in [9.17, 15) is 9.59 Å². The molecule has 2 aromatic carbocycles. The van der Waals surface area contributed by atoms with Gasteiger partial charge in [0.1, 0.15) is 6.61 Å². The van der Waals surface area contributed by atoms with E-state index in [-0.39, 0.29) is 12.6 Å². The predicted octanol–water partition coefficient (Wildman–Crippen LogP) is 2.90. The van der Waals surface area contributed by atoms with Crippen molar-refractivity contribution >= 4 is 23.5 Å². The first-order valence-electron chi connectivity index (χ1n) is 8.13. The number of para-hydroxylation sites is 2. The van der Waals surface area contributed by atoms with Crippen LogP contribution in [0, 0.1) is 0 Å². The Morgan fingerprint density at radius 1 is 1.23 bits per heavy atom. The summed E-state index contributed by atoms with van der Waals surface area (Å²) in [6.07, 6.45) is -0.900. The molecule has 0 saturated heterocycles. The van der Waals surface area contributed by atoms with E-state index in [1.807, 2.05) is 19.1 Å². The summed E-state index contributed by atoms with van der Waals surface area (Å²) in [5.74, 6) is -0.0163. The molecule has 1 amide bonds. The number of fused-ring (bicyclic) bond motifs is 1. The Morgan fingerprint density at radius 2 is 2.00 bits per heavy atom. The van der Waals surface area contributed by atoms with Crippen molar-refractivity contribution < 1.29 is 23.8 Å². The number of hydrogen-bond acceptors (Lipinski definition) is 5. The van der Waals surface area contributed by atoms with Crippen molar-refractivity contribution in [2.24, 2.45) is 0 Å². The summed E-state index contributed by atoms with van der Waals surface area (Å²) in [4.78, 5) is 24.1. The summed E-state index contributed by atoms with van der Waals surface area (Å²) in [5, 5.41) is 3.34. The lowest BCUT2D eigenvalue weighted by molar-refractivity contribution is -0.157. The lowest BCUT2D eigenvalue weighted by Crippen LogP contribution is -2.40. The molecular weight excluding hydrogens is 358 g/mol. The Hall–Kier alpha value is -2.73. The summed E-state index contributed by atoms with van der Waals surface area (Å²) in [6, 6.07) is 14.0. The van der Waals surface area contributed by atoms with Gasteiger partial charge in [-0.15, -0.1) is 0 Å². The first kappa shape index (κ1) is 18.1. The van der Waals surface area contributed by atoms with Crippen LogP contribution in [0.4, 0.5) is 0 Å². The Bertz CT molecular complexity index is 810. The van der Waals surface area contributed by atoms with E-state index in [4.69, 9.17) is 25.8 Å².